The summed E-state index contributed by atoms with van der Waals surface area (Å²) < 4.78 is 0. The summed E-state index contributed by atoms with van der Waals surface area (Å²) in [6, 6.07) is 15.5. The van der Waals surface area contributed by atoms with Crippen LogP contribution in [0, 0.1) is 0 Å². The number of hydrogen-bond donors (Lipinski definition) is 2. The second-order valence-electron chi connectivity index (χ2n) is 4.77. The van der Waals surface area contributed by atoms with Crippen LogP contribution in [-0.4, -0.2) is 26.8 Å². The number of aromatic nitrogens is 3. The number of halogens is 1. The van der Waals surface area contributed by atoms with E-state index in [-0.39, 0.29) is 5.69 Å². The molecule has 0 unspecified atom stereocenters. The molecule has 2 N–H and O–H groups in total. The first-order valence-corrected chi connectivity index (χ1v) is 7.35. The van der Waals surface area contributed by atoms with E-state index >= 15 is 0 Å². The fourth-order valence-electron chi connectivity index (χ4n) is 1.93. The largest absolute Gasteiger partial charge is 0.291 e. The zero-order chi connectivity index (χ0) is 16.9. The SMILES string of the molecule is O=C(NNC(=O)c1cnn(-c2ccccc2)n1)c1cccc(Cl)c1. The van der Waals surface area contributed by atoms with Gasteiger partial charge in [-0.15, -0.1) is 5.10 Å². The lowest BCUT2D eigenvalue weighted by molar-refractivity contribution is 0.0843. The van der Waals surface area contributed by atoms with Crippen LogP contribution in [0.2, 0.25) is 5.02 Å². The minimum absolute atomic E-state index is 0.0743. The van der Waals surface area contributed by atoms with E-state index in [1.165, 1.54) is 17.1 Å². The number of carbonyl (C=O) groups excluding carboxylic acids is 2. The van der Waals surface area contributed by atoms with Crippen LogP contribution in [0.3, 0.4) is 0 Å². The number of hydrogen-bond acceptors (Lipinski definition) is 4. The normalized spacial score (nSPS) is 10.2. The van der Waals surface area contributed by atoms with Crippen molar-refractivity contribution in [2.45, 2.75) is 0 Å². The Morgan fingerprint density at radius 1 is 0.958 bits per heavy atom. The highest BCUT2D eigenvalue weighted by molar-refractivity contribution is 6.30. The van der Waals surface area contributed by atoms with E-state index < -0.39 is 11.8 Å². The van der Waals surface area contributed by atoms with Crippen molar-refractivity contribution in [1.82, 2.24) is 25.8 Å². The van der Waals surface area contributed by atoms with Crippen molar-refractivity contribution in [2.75, 3.05) is 0 Å². The van der Waals surface area contributed by atoms with Gasteiger partial charge in [0.15, 0.2) is 5.69 Å². The molecule has 0 bridgehead atoms. The summed E-state index contributed by atoms with van der Waals surface area (Å²) in [6.07, 6.45) is 1.31. The van der Waals surface area contributed by atoms with Gasteiger partial charge in [0.05, 0.1) is 11.9 Å². The Hall–Kier alpha value is -3.19. The van der Waals surface area contributed by atoms with Crippen LogP contribution in [0.15, 0.2) is 60.8 Å². The first-order chi connectivity index (χ1) is 11.6. The van der Waals surface area contributed by atoms with Gasteiger partial charge in [0, 0.05) is 10.6 Å². The van der Waals surface area contributed by atoms with E-state index in [2.05, 4.69) is 21.0 Å². The molecular formula is C16H12ClN5O2. The van der Waals surface area contributed by atoms with Crippen LogP contribution in [-0.2, 0) is 0 Å². The third-order valence-electron chi connectivity index (χ3n) is 3.09. The number of hydrazine groups is 1. The van der Waals surface area contributed by atoms with E-state index in [0.29, 0.717) is 10.6 Å². The van der Waals surface area contributed by atoms with Crippen molar-refractivity contribution < 1.29 is 9.59 Å². The average Bonchev–Trinajstić information content (AvgIpc) is 3.10. The van der Waals surface area contributed by atoms with Gasteiger partial charge in [0.25, 0.3) is 11.8 Å². The maximum absolute atomic E-state index is 12.0. The summed E-state index contributed by atoms with van der Waals surface area (Å²) in [7, 11) is 0. The molecule has 120 valence electrons. The van der Waals surface area contributed by atoms with Gasteiger partial charge in [0.2, 0.25) is 0 Å². The van der Waals surface area contributed by atoms with Gasteiger partial charge in [-0.2, -0.15) is 9.90 Å². The molecular weight excluding hydrogens is 330 g/mol. The quantitative estimate of drug-likeness (QED) is 0.713. The van der Waals surface area contributed by atoms with Crippen molar-refractivity contribution in [3.63, 3.8) is 0 Å². The fraction of sp³-hybridized carbons (Fsp3) is 0. The molecule has 0 spiro atoms. The standard InChI is InChI=1S/C16H12ClN5O2/c17-12-6-4-5-11(9-12)15(23)19-20-16(24)14-10-18-22(21-14)13-7-2-1-3-8-13/h1-10H,(H,19,23)(H,20,24). The van der Waals surface area contributed by atoms with Gasteiger partial charge < -0.3 is 0 Å². The van der Waals surface area contributed by atoms with Crippen LogP contribution in [0.25, 0.3) is 5.69 Å². The Morgan fingerprint density at radius 2 is 1.71 bits per heavy atom. The highest BCUT2D eigenvalue weighted by Gasteiger charge is 2.13. The number of para-hydroxylation sites is 1. The summed E-state index contributed by atoms with van der Waals surface area (Å²) >= 11 is 5.82. The Kier molecular flexibility index (Phi) is 4.53. The monoisotopic (exact) mass is 341 g/mol. The van der Waals surface area contributed by atoms with Crippen LogP contribution >= 0.6 is 11.6 Å². The van der Waals surface area contributed by atoms with Crippen LogP contribution in [0.1, 0.15) is 20.8 Å². The predicted octanol–water partition coefficient (Wildman–Crippen LogP) is 2.00. The summed E-state index contributed by atoms with van der Waals surface area (Å²) in [4.78, 5) is 25.3. The van der Waals surface area contributed by atoms with Crippen molar-refractivity contribution >= 4 is 23.4 Å². The van der Waals surface area contributed by atoms with Crippen LogP contribution < -0.4 is 10.9 Å². The zero-order valence-electron chi connectivity index (χ0n) is 12.3. The minimum Gasteiger partial charge on any atom is -0.267 e. The highest BCUT2D eigenvalue weighted by atomic mass is 35.5. The van der Waals surface area contributed by atoms with Crippen LogP contribution in [0.4, 0.5) is 0 Å². The van der Waals surface area contributed by atoms with Gasteiger partial charge in [-0.3, -0.25) is 20.4 Å². The lowest BCUT2D eigenvalue weighted by atomic mass is 10.2. The molecule has 3 aromatic rings. The third-order valence-corrected chi connectivity index (χ3v) is 3.32. The molecule has 1 heterocycles. The van der Waals surface area contributed by atoms with E-state index in [1.54, 1.807) is 18.2 Å². The van der Waals surface area contributed by atoms with Gasteiger partial charge >= 0.3 is 0 Å². The van der Waals surface area contributed by atoms with E-state index in [1.807, 2.05) is 30.3 Å². The van der Waals surface area contributed by atoms with Gasteiger partial charge in [0.1, 0.15) is 0 Å². The lowest BCUT2D eigenvalue weighted by Gasteiger charge is -2.06. The maximum atomic E-state index is 12.0. The Balaban J connectivity index is 1.63. The number of nitrogens with zero attached hydrogens (tertiary/aromatic N) is 3. The summed E-state index contributed by atoms with van der Waals surface area (Å²) in [5, 5.41) is 8.52. The first-order valence-electron chi connectivity index (χ1n) is 6.97. The summed E-state index contributed by atoms with van der Waals surface area (Å²) in [5.74, 6) is -1.06. The number of benzene rings is 2. The fourth-order valence-corrected chi connectivity index (χ4v) is 2.12. The van der Waals surface area contributed by atoms with E-state index in [0.717, 1.165) is 5.69 Å². The van der Waals surface area contributed by atoms with Crippen molar-refractivity contribution in [3.05, 3.63) is 77.1 Å². The minimum atomic E-state index is -0.576. The highest BCUT2D eigenvalue weighted by Crippen LogP contribution is 2.10. The Labute approximate surface area is 142 Å². The second kappa shape index (κ2) is 6.93. The molecule has 1 aromatic heterocycles. The third kappa shape index (κ3) is 3.58. The number of rotatable bonds is 3. The number of amides is 2. The molecule has 0 aliphatic rings. The molecule has 2 aromatic carbocycles. The van der Waals surface area contributed by atoms with E-state index in [9.17, 15) is 9.59 Å². The van der Waals surface area contributed by atoms with Crippen molar-refractivity contribution in [1.29, 1.82) is 0 Å². The molecule has 0 aliphatic carbocycles. The summed E-state index contributed by atoms with van der Waals surface area (Å²) in [5.41, 5.74) is 5.71. The lowest BCUT2D eigenvalue weighted by Crippen LogP contribution is -2.41. The van der Waals surface area contributed by atoms with E-state index in [4.69, 9.17) is 11.6 Å². The zero-order valence-corrected chi connectivity index (χ0v) is 13.1. The molecule has 24 heavy (non-hydrogen) atoms. The Morgan fingerprint density at radius 3 is 2.46 bits per heavy atom. The molecule has 8 heteroatoms. The number of carbonyl (C=O) groups is 2. The molecule has 0 fully saturated rings. The predicted molar refractivity (Wildman–Crippen MR) is 87.7 cm³/mol. The molecule has 0 saturated carbocycles. The molecule has 3 rings (SSSR count). The molecule has 0 aliphatic heterocycles. The Bertz CT molecular complexity index is 879. The maximum Gasteiger partial charge on any atom is 0.291 e. The molecule has 0 radical (unpaired) electrons. The van der Waals surface area contributed by atoms with Gasteiger partial charge in [-0.1, -0.05) is 35.9 Å². The van der Waals surface area contributed by atoms with Crippen LogP contribution in [0.5, 0.6) is 0 Å². The van der Waals surface area contributed by atoms with Crippen molar-refractivity contribution in [2.24, 2.45) is 0 Å². The average molecular weight is 342 g/mol. The topological polar surface area (TPSA) is 88.9 Å². The molecule has 0 atom stereocenters. The second-order valence-corrected chi connectivity index (χ2v) is 5.21. The molecule has 2 amide bonds. The summed E-state index contributed by atoms with van der Waals surface area (Å²) in [6.45, 7) is 0. The first kappa shape index (κ1) is 15.7. The smallest absolute Gasteiger partial charge is 0.267 e. The van der Waals surface area contributed by atoms with Gasteiger partial charge in [-0.05, 0) is 30.3 Å². The molecule has 7 nitrogen and oxygen atoms in total. The van der Waals surface area contributed by atoms with Crippen molar-refractivity contribution in [3.8, 4) is 5.69 Å². The van der Waals surface area contributed by atoms with Gasteiger partial charge in [-0.25, -0.2) is 0 Å². The number of nitrogens with one attached hydrogen (secondary N) is 2. The molecule has 0 saturated heterocycles.